The molecule has 0 unspecified atom stereocenters. The van der Waals surface area contributed by atoms with Crippen LogP contribution in [0.2, 0.25) is 5.02 Å². The first-order chi connectivity index (χ1) is 16.7. The molecule has 0 bridgehead atoms. The van der Waals surface area contributed by atoms with E-state index in [1.165, 1.54) is 0 Å². The van der Waals surface area contributed by atoms with E-state index < -0.39 is 0 Å². The van der Waals surface area contributed by atoms with Crippen molar-refractivity contribution in [3.63, 3.8) is 0 Å². The zero-order valence-electron chi connectivity index (χ0n) is 20.7. The summed E-state index contributed by atoms with van der Waals surface area (Å²) in [5.41, 5.74) is 5.81. The van der Waals surface area contributed by atoms with E-state index in [0.29, 0.717) is 18.1 Å². The summed E-state index contributed by atoms with van der Waals surface area (Å²) in [6, 6.07) is 21.3. The number of urea groups is 1. The van der Waals surface area contributed by atoms with Crippen LogP contribution >= 0.6 is 11.6 Å². The molecule has 0 spiro atoms. The number of hydrogen-bond donors (Lipinski definition) is 1. The number of anilines is 2. The molecule has 35 heavy (non-hydrogen) atoms. The van der Waals surface area contributed by atoms with Crippen LogP contribution in [0.5, 0.6) is 0 Å². The molecule has 0 aromatic heterocycles. The van der Waals surface area contributed by atoms with E-state index in [1.807, 2.05) is 54.6 Å². The third-order valence-corrected chi connectivity index (χ3v) is 6.59. The Balaban J connectivity index is 1.60. The fourth-order valence-electron chi connectivity index (χ4n) is 4.56. The average molecular weight is 490 g/mol. The van der Waals surface area contributed by atoms with Crippen LogP contribution in [-0.4, -0.2) is 23.4 Å². The van der Waals surface area contributed by atoms with Crippen molar-refractivity contribution in [1.82, 2.24) is 4.90 Å². The average Bonchev–Trinajstić information content (AvgIpc) is 2.82. The van der Waals surface area contributed by atoms with E-state index in [1.54, 1.807) is 9.80 Å². The van der Waals surface area contributed by atoms with Crippen molar-refractivity contribution in [2.75, 3.05) is 16.8 Å². The Morgan fingerprint density at radius 1 is 0.943 bits per heavy atom. The lowest BCUT2D eigenvalue weighted by Crippen LogP contribution is -2.49. The molecule has 0 fully saturated rings. The van der Waals surface area contributed by atoms with Gasteiger partial charge in [0.1, 0.15) is 6.54 Å². The Labute approximate surface area is 212 Å². The lowest BCUT2D eigenvalue weighted by atomic mass is 9.92. The summed E-state index contributed by atoms with van der Waals surface area (Å²) in [5, 5.41) is 3.71. The molecular weight excluding hydrogens is 458 g/mol. The molecule has 182 valence electrons. The zero-order valence-corrected chi connectivity index (χ0v) is 21.5. The summed E-state index contributed by atoms with van der Waals surface area (Å²) in [5.74, 6) is 0.322. The Kier molecular flexibility index (Phi) is 7.46. The number of halogens is 1. The fourth-order valence-corrected chi connectivity index (χ4v) is 4.73. The Bertz CT molecular complexity index is 1200. The van der Waals surface area contributed by atoms with Crippen molar-refractivity contribution in [1.29, 1.82) is 0 Å². The van der Waals surface area contributed by atoms with E-state index >= 15 is 0 Å². The number of nitrogens with one attached hydrogen (secondary N) is 1. The van der Waals surface area contributed by atoms with E-state index in [-0.39, 0.29) is 30.3 Å². The van der Waals surface area contributed by atoms with E-state index in [2.05, 4.69) is 45.1 Å². The number of nitrogens with zero attached hydrogens (tertiary/aromatic N) is 2. The van der Waals surface area contributed by atoms with Gasteiger partial charge in [-0.3, -0.25) is 9.69 Å². The minimum atomic E-state index is -0.208. The SMILES string of the molecule is CC(C)c1cccc(C(C)C)c1NC(=O)CN1Cc2ccc(Cl)cc2N(Cc2ccccc2)C1=O. The smallest absolute Gasteiger partial charge is 0.324 e. The maximum absolute atomic E-state index is 13.6. The Hall–Kier alpha value is -3.31. The molecule has 4 rings (SSSR count). The van der Waals surface area contributed by atoms with Gasteiger partial charge in [-0.25, -0.2) is 4.79 Å². The maximum atomic E-state index is 13.6. The third-order valence-electron chi connectivity index (χ3n) is 6.36. The molecule has 1 heterocycles. The number of hydrogen-bond acceptors (Lipinski definition) is 2. The Morgan fingerprint density at radius 3 is 2.23 bits per heavy atom. The van der Waals surface area contributed by atoms with Gasteiger partial charge in [0, 0.05) is 10.7 Å². The van der Waals surface area contributed by atoms with Crippen LogP contribution in [0.1, 0.15) is 61.8 Å². The Morgan fingerprint density at radius 2 is 1.60 bits per heavy atom. The van der Waals surface area contributed by atoms with Gasteiger partial charge in [0.2, 0.25) is 5.91 Å². The van der Waals surface area contributed by atoms with Gasteiger partial charge < -0.3 is 10.2 Å². The summed E-state index contributed by atoms with van der Waals surface area (Å²) in [7, 11) is 0. The summed E-state index contributed by atoms with van der Waals surface area (Å²) < 4.78 is 0. The molecule has 0 atom stereocenters. The molecule has 1 aliphatic rings. The number of rotatable bonds is 7. The molecule has 1 aliphatic heterocycles. The van der Waals surface area contributed by atoms with Crippen molar-refractivity contribution in [2.24, 2.45) is 0 Å². The minimum Gasteiger partial charge on any atom is -0.324 e. The van der Waals surface area contributed by atoms with Crippen LogP contribution in [0.3, 0.4) is 0 Å². The molecule has 3 amide bonds. The third kappa shape index (κ3) is 5.51. The first kappa shape index (κ1) is 24.8. The number of carbonyl (C=O) groups is 2. The summed E-state index contributed by atoms with van der Waals surface area (Å²) in [6.45, 7) is 9.20. The summed E-state index contributed by atoms with van der Waals surface area (Å²) in [4.78, 5) is 30.1. The normalized spacial score (nSPS) is 13.4. The van der Waals surface area contributed by atoms with Gasteiger partial charge in [-0.1, -0.05) is 93.9 Å². The van der Waals surface area contributed by atoms with Crippen molar-refractivity contribution in [3.05, 3.63) is 94.0 Å². The number of carbonyl (C=O) groups excluding carboxylic acids is 2. The van der Waals surface area contributed by atoms with E-state index in [9.17, 15) is 9.59 Å². The van der Waals surface area contributed by atoms with Crippen LogP contribution in [0, 0.1) is 0 Å². The van der Waals surface area contributed by atoms with Crippen LogP contribution in [0.4, 0.5) is 16.2 Å². The van der Waals surface area contributed by atoms with Crippen molar-refractivity contribution in [2.45, 2.75) is 52.6 Å². The lowest BCUT2D eigenvalue weighted by Gasteiger charge is -2.37. The van der Waals surface area contributed by atoms with Crippen molar-refractivity contribution in [3.8, 4) is 0 Å². The van der Waals surface area contributed by atoms with Gasteiger partial charge in [0.15, 0.2) is 0 Å². The van der Waals surface area contributed by atoms with Gasteiger partial charge in [-0.2, -0.15) is 0 Å². The zero-order chi connectivity index (χ0) is 25.1. The second kappa shape index (κ2) is 10.5. The number of amides is 3. The van der Waals surface area contributed by atoms with Gasteiger partial charge in [0.25, 0.3) is 0 Å². The first-order valence-electron chi connectivity index (χ1n) is 12.1. The molecule has 3 aromatic rings. The second-order valence-corrected chi connectivity index (χ2v) is 10.1. The highest BCUT2D eigenvalue weighted by atomic mass is 35.5. The molecule has 3 aromatic carbocycles. The molecular formula is C29H32ClN3O2. The van der Waals surface area contributed by atoms with Crippen molar-refractivity contribution >= 4 is 34.9 Å². The summed E-state index contributed by atoms with van der Waals surface area (Å²) >= 11 is 6.27. The van der Waals surface area contributed by atoms with E-state index in [0.717, 1.165) is 33.6 Å². The van der Waals surface area contributed by atoms with E-state index in [4.69, 9.17) is 11.6 Å². The summed E-state index contributed by atoms with van der Waals surface area (Å²) in [6.07, 6.45) is 0. The number of para-hydroxylation sites is 1. The van der Waals surface area contributed by atoms with Gasteiger partial charge in [-0.05, 0) is 46.2 Å². The van der Waals surface area contributed by atoms with Crippen molar-refractivity contribution < 1.29 is 9.59 Å². The molecule has 5 nitrogen and oxygen atoms in total. The predicted octanol–water partition coefficient (Wildman–Crippen LogP) is 7.17. The highest BCUT2D eigenvalue weighted by Crippen LogP contribution is 2.34. The number of fused-ring (bicyclic) bond motifs is 1. The predicted molar refractivity (Wildman–Crippen MR) is 143 cm³/mol. The van der Waals surface area contributed by atoms with Crippen LogP contribution in [-0.2, 0) is 17.9 Å². The standard InChI is InChI=1S/C29H32ClN3O2/c1-19(2)24-11-8-12-25(20(3)4)28(24)31-27(34)18-32-17-22-13-14-23(30)15-26(22)33(29(32)35)16-21-9-6-5-7-10-21/h5-15,19-20H,16-18H2,1-4H3,(H,31,34). The number of benzene rings is 3. The van der Waals surface area contributed by atoms with Crippen LogP contribution in [0.15, 0.2) is 66.7 Å². The van der Waals surface area contributed by atoms with Crippen LogP contribution in [0.25, 0.3) is 0 Å². The molecule has 0 saturated carbocycles. The lowest BCUT2D eigenvalue weighted by molar-refractivity contribution is -0.116. The molecule has 0 aliphatic carbocycles. The minimum absolute atomic E-state index is 0.0316. The van der Waals surface area contributed by atoms with Crippen LogP contribution < -0.4 is 10.2 Å². The quantitative estimate of drug-likeness (QED) is 0.382. The second-order valence-electron chi connectivity index (χ2n) is 9.65. The van der Waals surface area contributed by atoms with Gasteiger partial charge >= 0.3 is 6.03 Å². The molecule has 6 heteroatoms. The molecule has 0 radical (unpaired) electrons. The largest absolute Gasteiger partial charge is 0.325 e. The maximum Gasteiger partial charge on any atom is 0.325 e. The monoisotopic (exact) mass is 489 g/mol. The van der Waals surface area contributed by atoms with Gasteiger partial charge in [0.05, 0.1) is 18.8 Å². The fraction of sp³-hybridized carbons (Fsp3) is 0.310. The molecule has 1 N–H and O–H groups in total. The molecule has 0 saturated heterocycles. The first-order valence-corrected chi connectivity index (χ1v) is 12.4. The topological polar surface area (TPSA) is 52.7 Å². The highest BCUT2D eigenvalue weighted by Gasteiger charge is 2.32. The highest BCUT2D eigenvalue weighted by molar-refractivity contribution is 6.31. The van der Waals surface area contributed by atoms with Gasteiger partial charge in [-0.15, -0.1) is 0 Å².